The highest BCUT2D eigenvalue weighted by Crippen LogP contribution is 2.17. The van der Waals surface area contributed by atoms with Crippen molar-refractivity contribution in [2.45, 2.75) is 32.3 Å². The molecule has 1 aromatic carbocycles. The number of halogens is 2. The smallest absolute Gasteiger partial charge is 0.244 e. The van der Waals surface area contributed by atoms with Crippen molar-refractivity contribution in [2.75, 3.05) is 6.54 Å². The highest BCUT2D eigenvalue weighted by atomic mass is 79.9. The second kappa shape index (κ2) is 7.55. The lowest BCUT2D eigenvalue weighted by atomic mass is 9.98. The third-order valence-corrected chi connectivity index (χ3v) is 3.77. The van der Waals surface area contributed by atoms with Crippen LogP contribution in [0.3, 0.4) is 0 Å². The van der Waals surface area contributed by atoms with Gasteiger partial charge >= 0.3 is 0 Å². The minimum Gasteiger partial charge on any atom is -0.388 e. The van der Waals surface area contributed by atoms with E-state index in [1.165, 1.54) is 18.2 Å². The molecular formula is C15H19BrFNO2. The summed E-state index contributed by atoms with van der Waals surface area (Å²) >= 11 is 3.24. The molecule has 0 aliphatic heterocycles. The van der Waals surface area contributed by atoms with Crippen LogP contribution in [0.2, 0.25) is 0 Å². The van der Waals surface area contributed by atoms with Crippen LogP contribution >= 0.6 is 15.9 Å². The van der Waals surface area contributed by atoms with Crippen LogP contribution in [0.1, 0.15) is 32.3 Å². The van der Waals surface area contributed by atoms with Gasteiger partial charge in [-0.25, -0.2) is 4.39 Å². The number of carbonyl (C=O) groups is 1. The molecule has 2 N–H and O–H groups in total. The summed E-state index contributed by atoms with van der Waals surface area (Å²) < 4.78 is 14.2. The maximum Gasteiger partial charge on any atom is 0.244 e. The molecule has 0 unspecified atom stereocenters. The van der Waals surface area contributed by atoms with Crippen molar-refractivity contribution < 1.29 is 14.3 Å². The Morgan fingerprint density at radius 3 is 2.70 bits per heavy atom. The molecule has 5 heteroatoms. The first kappa shape index (κ1) is 16.9. The Bertz CT molecular complexity index is 499. The number of benzene rings is 1. The highest BCUT2D eigenvalue weighted by molar-refractivity contribution is 9.10. The molecule has 0 fully saturated rings. The quantitative estimate of drug-likeness (QED) is 0.779. The van der Waals surface area contributed by atoms with E-state index in [2.05, 4.69) is 21.2 Å². The molecule has 0 aliphatic rings. The zero-order valence-corrected chi connectivity index (χ0v) is 13.2. The van der Waals surface area contributed by atoms with Crippen molar-refractivity contribution >= 4 is 27.9 Å². The first-order valence-corrected chi connectivity index (χ1v) is 7.33. The lowest BCUT2D eigenvalue weighted by Crippen LogP contribution is -2.41. The van der Waals surface area contributed by atoms with Gasteiger partial charge in [0.25, 0.3) is 0 Å². The van der Waals surface area contributed by atoms with E-state index in [1.54, 1.807) is 12.1 Å². The maximum atomic E-state index is 13.5. The van der Waals surface area contributed by atoms with Crippen molar-refractivity contribution in [3.63, 3.8) is 0 Å². The molecule has 3 nitrogen and oxygen atoms in total. The Morgan fingerprint density at radius 2 is 2.10 bits per heavy atom. The number of aliphatic hydroxyl groups is 1. The van der Waals surface area contributed by atoms with Crippen LogP contribution in [0.25, 0.3) is 6.08 Å². The van der Waals surface area contributed by atoms with E-state index < -0.39 is 11.4 Å². The van der Waals surface area contributed by atoms with Gasteiger partial charge in [-0.2, -0.15) is 0 Å². The van der Waals surface area contributed by atoms with Crippen molar-refractivity contribution in [3.05, 3.63) is 40.1 Å². The molecule has 0 saturated heterocycles. The second-order valence-corrected chi connectivity index (χ2v) is 5.56. The molecular weight excluding hydrogens is 325 g/mol. The van der Waals surface area contributed by atoms with Gasteiger partial charge in [-0.15, -0.1) is 0 Å². The fourth-order valence-corrected chi connectivity index (χ4v) is 2.00. The molecule has 1 aromatic rings. The summed E-state index contributed by atoms with van der Waals surface area (Å²) in [4.78, 5) is 11.6. The zero-order valence-electron chi connectivity index (χ0n) is 11.6. The van der Waals surface area contributed by atoms with Gasteiger partial charge in [0, 0.05) is 22.7 Å². The third kappa shape index (κ3) is 5.06. The van der Waals surface area contributed by atoms with Gasteiger partial charge in [0.15, 0.2) is 0 Å². The number of rotatable bonds is 6. The standard InChI is InChI=1S/C15H19BrFNO2/c1-3-15(20,4-2)10-18-14(19)8-5-11-9-12(16)6-7-13(11)17/h5-9,20H,3-4,10H2,1-2H3,(H,18,19). The number of hydrogen-bond donors (Lipinski definition) is 2. The van der Waals surface area contributed by atoms with Gasteiger partial charge < -0.3 is 10.4 Å². The van der Waals surface area contributed by atoms with Gasteiger partial charge in [0.1, 0.15) is 5.82 Å². The van der Waals surface area contributed by atoms with Gasteiger partial charge in [-0.3, -0.25) is 4.79 Å². The molecule has 0 atom stereocenters. The average Bonchev–Trinajstić information content (AvgIpc) is 2.45. The molecule has 110 valence electrons. The van der Waals surface area contributed by atoms with E-state index >= 15 is 0 Å². The fraction of sp³-hybridized carbons (Fsp3) is 0.400. The Morgan fingerprint density at radius 1 is 1.45 bits per heavy atom. The molecule has 1 amide bonds. The maximum absolute atomic E-state index is 13.5. The summed E-state index contributed by atoms with van der Waals surface area (Å²) in [6.07, 6.45) is 3.80. The molecule has 1 rings (SSSR count). The average molecular weight is 344 g/mol. The van der Waals surface area contributed by atoms with E-state index in [0.717, 1.165) is 4.47 Å². The summed E-state index contributed by atoms with van der Waals surface area (Å²) in [5.74, 6) is -0.749. The van der Waals surface area contributed by atoms with Crippen LogP contribution in [-0.2, 0) is 4.79 Å². The number of hydrogen-bond acceptors (Lipinski definition) is 2. The first-order chi connectivity index (χ1) is 9.40. The van der Waals surface area contributed by atoms with Gasteiger partial charge in [-0.05, 0) is 37.1 Å². The number of carbonyl (C=O) groups excluding carboxylic acids is 1. The molecule has 0 spiro atoms. The van der Waals surface area contributed by atoms with Crippen LogP contribution in [0.15, 0.2) is 28.7 Å². The predicted octanol–water partition coefficient (Wildman–Crippen LogP) is 3.27. The van der Waals surface area contributed by atoms with Crippen molar-refractivity contribution in [3.8, 4) is 0 Å². The van der Waals surface area contributed by atoms with E-state index in [1.807, 2.05) is 13.8 Å². The molecule has 20 heavy (non-hydrogen) atoms. The van der Waals surface area contributed by atoms with Crippen molar-refractivity contribution in [2.24, 2.45) is 0 Å². The lowest BCUT2D eigenvalue weighted by Gasteiger charge is -2.24. The van der Waals surface area contributed by atoms with E-state index in [4.69, 9.17) is 0 Å². The van der Waals surface area contributed by atoms with Crippen LogP contribution in [-0.4, -0.2) is 23.2 Å². The van der Waals surface area contributed by atoms with Gasteiger partial charge in [0.2, 0.25) is 5.91 Å². The fourth-order valence-electron chi connectivity index (χ4n) is 1.62. The first-order valence-electron chi connectivity index (χ1n) is 6.53. The monoisotopic (exact) mass is 343 g/mol. The Hall–Kier alpha value is -1.20. The normalized spacial score (nSPS) is 11.8. The predicted molar refractivity (Wildman–Crippen MR) is 81.7 cm³/mol. The lowest BCUT2D eigenvalue weighted by molar-refractivity contribution is -0.117. The van der Waals surface area contributed by atoms with Crippen LogP contribution in [0.4, 0.5) is 4.39 Å². The summed E-state index contributed by atoms with van der Waals surface area (Å²) in [7, 11) is 0. The molecule has 0 aromatic heterocycles. The summed E-state index contributed by atoms with van der Waals surface area (Å²) in [6.45, 7) is 3.91. The van der Waals surface area contributed by atoms with E-state index in [9.17, 15) is 14.3 Å². The highest BCUT2D eigenvalue weighted by Gasteiger charge is 2.22. The zero-order chi connectivity index (χ0) is 15.2. The molecule has 0 bridgehead atoms. The minimum atomic E-state index is -0.884. The minimum absolute atomic E-state index is 0.185. The Kier molecular flexibility index (Phi) is 6.36. The second-order valence-electron chi connectivity index (χ2n) is 4.65. The third-order valence-electron chi connectivity index (χ3n) is 3.28. The molecule has 0 saturated carbocycles. The van der Waals surface area contributed by atoms with E-state index in [-0.39, 0.29) is 12.5 Å². The van der Waals surface area contributed by atoms with Gasteiger partial charge in [0.05, 0.1) is 5.60 Å². The summed E-state index contributed by atoms with van der Waals surface area (Å²) in [5.41, 5.74) is -0.555. The Labute approximate surface area is 127 Å². The summed E-state index contributed by atoms with van der Waals surface area (Å²) in [6, 6.07) is 4.51. The molecule has 0 aliphatic carbocycles. The number of amides is 1. The molecule has 0 radical (unpaired) electrons. The molecule has 0 heterocycles. The van der Waals surface area contributed by atoms with Crippen molar-refractivity contribution in [1.82, 2.24) is 5.32 Å². The largest absolute Gasteiger partial charge is 0.388 e. The number of nitrogens with one attached hydrogen (secondary N) is 1. The SMILES string of the molecule is CCC(O)(CC)CNC(=O)C=Cc1cc(Br)ccc1F. The topological polar surface area (TPSA) is 49.3 Å². The van der Waals surface area contributed by atoms with Crippen molar-refractivity contribution in [1.29, 1.82) is 0 Å². The van der Waals surface area contributed by atoms with Crippen LogP contribution in [0, 0.1) is 5.82 Å². The van der Waals surface area contributed by atoms with Gasteiger partial charge in [-0.1, -0.05) is 29.8 Å². The van der Waals surface area contributed by atoms with Crippen LogP contribution in [0.5, 0.6) is 0 Å². The van der Waals surface area contributed by atoms with E-state index in [0.29, 0.717) is 18.4 Å². The summed E-state index contributed by atoms with van der Waals surface area (Å²) in [5, 5.41) is 12.7. The van der Waals surface area contributed by atoms with Crippen LogP contribution < -0.4 is 5.32 Å². The Balaban J connectivity index is 2.62.